The van der Waals surface area contributed by atoms with E-state index in [1.165, 1.54) is 6.92 Å². The highest BCUT2D eigenvalue weighted by molar-refractivity contribution is 6.30. The first-order valence-corrected chi connectivity index (χ1v) is 10.7. The number of halogens is 1. The van der Waals surface area contributed by atoms with E-state index in [2.05, 4.69) is 23.0 Å². The van der Waals surface area contributed by atoms with Gasteiger partial charge in [0, 0.05) is 41.0 Å². The van der Waals surface area contributed by atoms with Crippen molar-refractivity contribution in [2.24, 2.45) is 0 Å². The Morgan fingerprint density at radius 3 is 2.34 bits per heavy atom. The Morgan fingerprint density at radius 1 is 1.00 bits per heavy atom. The van der Waals surface area contributed by atoms with Gasteiger partial charge in [0.25, 0.3) is 0 Å². The second kappa shape index (κ2) is 8.97. The number of nitrogens with zero attached hydrogens (tertiary/aromatic N) is 2. The van der Waals surface area contributed by atoms with Crippen molar-refractivity contribution < 1.29 is 9.53 Å². The van der Waals surface area contributed by atoms with Crippen LogP contribution >= 0.6 is 11.6 Å². The van der Waals surface area contributed by atoms with Gasteiger partial charge in [0.05, 0.1) is 11.4 Å². The Morgan fingerprint density at radius 2 is 1.69 bits per heavy atom. The molecule has 0 spiro atoms. The van der Waals surface area contributed by atoms with Crippen molar-refractivity contribution in [2.45, 2.75) is 34.3 Å². The predicted molar refractivity (Wildman–Crippen MR) is 127 cm³/mol. The molecule has 6 heteroatoms. The minimum atomic E-state index is -0.297. The zero-order valence-corrected chi connectivity index (χ0v) is 19.2. The number of carbonyl (C=O) groups is 1. The van der Waals surface area contributed by atoms with Crippen LogP contribution in [-0.4, -0.2) is 20.9 Å². The zero-order valence-electron chi connectivity index (χ0n) is 18.5. The van der Waals surface area contributed by atoms with Crippen molar-refractivity contribution in [3.05, 3.63) is 82.1 Å². The third kappa shape index (κ3) is 4.30. The topological polar surface area (TPSA) is 67.9 Å². The zero-order chi connectivity index (χ0) is 22.8. The highest BCUT2D eigenvalue weighted by Crippen LogP contribution is 2.36. The van der Waals surface area contributed by atoms with Gasteiger partial charge in [-0.05, 0) is 67.3 Å². The Bertz CT molecular complexity index is 1280. The van der Waals surface area contributed by atoms with Gasteiger partial charge in [0.15, 0.2) is 0 Å². The maximum absolute atomic E-state index is 11.4. The maximum atomic E-state index is 11.4. The van der Waals surface area contributed by atoms with Gasteiger partial charge >= 0.3 is 5.97 Å². The van der Waals surface area contributed by atoms with Gasteiger partial charge in [-0.3, -0.25) is 9.78 Å². The third-order valence-electron chi connectivity index (χ3n) is 5.58. The molecule has 0 aliphatic carbocycles. The average Bonchev–Trinajstić information content (AvgIpc) is 3.19. The Labute approximate surface area is 192 Å². The number of esters is 1. The van der Waals surface area contributed by atoms with Crippen LogP contribution in [0.25, 0.3) is 33.9 Å². The molecule has 0 atom stereocenters. The first-order valence-electron chi connectivity index (χ1n) is 10.3. The molecule has 0 saturated carbocycles. The molecule has 0 radical (unpaired) electrons. The summed E-state index contributed by atoms with van der Waals surface area (Å²) in [5.41, 5.74) is 8.94. The van der Waals surface area contributed by atoms with Gasteiger partial charge in [0.2, 0.25) is 0 Å². The highest BCUT2D eigenvalue weighted by atomic mass is 35.5. The highest BCUT2D eigenvalue weighted by Gasteiger charge is 2.20. The summed E-state index contributed by atoms with van der Waals surface area (Å²) >= 11 is 6.11. The summed E-state index contributed by atoms with van der Waals surface area (Å²) in [6.45, 7) is 7.81. The first-order chi connectivity index (χ1) is 15.3. The molecule has 2 aromatic heterocycles. The number of aromatic nitrogens is 3. The molecule has 0 fully saturated rings. The molecule has 0 saturated heterocycles. The van der Waals surface area contributed by atoms with Gasteiger partial charge in [-0.15, -0.1) is 0 Å². The van der Waals surface area contributed by atoms with Crippen molar-refractivity contribution in [3.8, 4) is 33.9 Å². The summed E-state index contributed by atoms with van der Waals surface area (Å²) in [6.07, 6.45) is 3.53. The van der Waals surface area contributed by atoms with Crippen molar-refractivity contribution in [1.82, 2.24) is 15.0 Å². The normalized spacial score (nSPS) is 10.9. The maximum Gasteiger partial charge on any atom is 0.302 e. The lowest BCUT2D eigenvalue weighted by Crippen LogP contribution is -2.05. The van der Waals surface area contributed by atoms with Crippen molar-refractivity contribution in [2.75, 3.05) is 0 Å². The molecule has 4 aromatic rings. The molecule has 0 bridgehead atoms. The molecule has 162 valence electrons. The van der Waals surface area contributed by atoms with Crippen LogP contribution in [0.1, 0.15) is 29.2 Å². The number of rotatable bonds is 5. The number of hydrogen-bond donors (Lipinski definition) is 1. The first kappa shape index (κ1) is 21.8. The number of H-pyrrole nitrogens is 1. The van der Waals surface area contributed by atoms with E-state index in [0.717, 1.165) is 56.2 Å². The lowest BCUT2D eigenvalue weighted by molar-refractivity contribution is -0.142. The monoisotopic (exact) mass is 445 g/mol. The van der Waals surface area contributed by atoms with E-state index in [1.807, 2.05) is 50.2 Å². The van der Waals surface area contributed by atoms with Crippen LogP contribution in [-0.2, 0) is 16.1 Å². The summed E-state index contributed by atoms with van der Waals surface area (Å²) in [7, 11) is 0. The Balaban J connectivity index is 1.91. The summed E-state index contributed by atoms with van der Waals surface area (Å²) in [6, 6.07) is 13.7. The predicted octanol–water partition coefficient (Wildman–Crippen LogP) is 6.45. The van der Waals surface area contributed by atoms with Gasteiger partial charge in [0.1, 0.15) is 12.4 Å². The smallest absolute Gasteiger partial charge is 0.302 e. The molecule has 0 amide bonds. The average molecular weight is 446 g/mol. The van der Waals surface area contributed by atoms with Gasteiger partial charge in [-0.2, -0.15) is 0 Å². The molecule has 5 nitrogen and oxygen atoms in total. The standard InChI is InChI=1S/C26H24ClN3O2/c1-15-13-16(2)23(17(3)22(15)14-32-18(4)31)26-29-24(19-5-7-21(27)8-6-19)25(30-26)20-9-11-28-12-10-20/h5-13H,14H2,1-4H3,(H,29,30). The fraction of sp³-hybridized carbons (Fsp3) is 0.192. The van der Waals surface area contributed by atoms with E-state index in [9.17, 15) is 4.79 Å². The Kier molecular flexibility index (Phi) is 6.10. The lowest BCUT2D eigenvalue weighted by Gasteiger charge is -2.16. The van der Waals surface area contributed by atoms with Crippen molar-refractivity contribution >= 4 is 17.6 Å². The molecule has 1 N–H and O–H groups in total. The molecular formula is C26H24ClN3O2. The number of aryl methyl sites for hydroxylation is 2. The largest absolute Gasteiger partial charge is 0.461 e. The van der Waals surface area contributed by atoms with Crippen LogP contribution in [0.4, 0.5) is 0 Å². The molecule has 0 aliphatic heterocycles. The van der Waals surface area contributed by atoms with Crippen LogP contribution in [0.2, 0.25) is 5.02 Å². The number of ether oxygens (including phenoxy) is 1. The quantitative estimate of drug-likeness (QED) is 0.358. The Hall–Kier alpha value is -3.44. The van der Waals surface area contributed by atoms with Crippen LogP contribution in [0.5, 0.6) is 0 Å². The summed E-state index contributed by atoms with van der Waals surface area (Å²) < 4.78 is 5.31. The van der Waals surface area contributed by atoms with Crippen LogP contribution in [0.3, 0.4) is 0 Å². The van der Waals surface area contributed by atoms with Crippen LogP contribution in [0.15, 0.2) is 54.9 Å². The van der Waals surface area contributed by atoms with Crippen molar-refractivity contribution in [1.29, 1.82) is 0 Å². The number of imidazole rings is 1. The number of carbonyl (C=O) groups excluding carboxylic acids is 1. The SMILES string of the molecule is CC(=O)OCc1c(C)cc(C)c(-c2nc(-c3ccc(Cl)cc3)c(-c3ccncc3)[nH]2)c1C. The van der Waals surface area contributed by atoms with Crippen molar-refractivity contribution in [3.63, 3.8) is 0 Å². The van der Waals surface area contributed by atoms with E-state index >= 15 is 0 Å². The minimum absolute atomic E-state index is 0.238. The number of pyridine rings is 1. The molecule has 2 heterocycles. The summed E-state index contributed by atoms with van der Waals surface area (Å²) in [4.78, 5) is 24.1. The molecule has 2 aromatic carbocycles. The fourth-order valence-corrected chi connectivity index (χ4v) is 4.15. The van der Waals surface area contributed by atoms with E-state index < -0.39 is 0 Å². The fourth-order valence-electron chi connectivity index (χ4n) is 4.02. The van der Waals surface area contributed by atoms with E-state index in [0.29, 0.717) is 5.02 Å². The molecular weight excluding hydrogens is 422 g/mol. The number of nitrogens with one attached hydrogen (secondary N) is 1. The second-order valence-corrected chi connectivity index (χ2v) is 8.26. The number of aromatic amines is 1. The summed E-state index contributed by atoms with van der Waals surface area (Å²) in [5.74, 6) is 0.467. The third-order valence-corrected chi connectivity index (χ3v) is 5.83. The van der Waals surface area contributed by atoms with Gasteiger partial charge in [-0.25, -0.2) is 4.98 Å². The minimum Gasteiger partial charge on any atom is -0.461 e. The van der Waals surface area contributed by atoms with Crippen LogP contribution < -0.4 is 0 Å². The van der Waals surface area contributed by atoms with Crippen LogP contribution in [0, 0.1) is 20.8 Å². The summed E-state index contributed by atoms with van der Waals surface area (Å²) in [5, 5.41) is 0.676. The van der Waals surface area contributed by atoms with Gasteiger partial charge < -0.3 is 9.72 Å². The number of hydrogen-bond acceptors (Lipinski definition) is 4. The van der Waals surface area contributed by atoms with Gasteiger partial charge in [-0.1, -0.05) is 29.8 Å². The molecule has 4 rings (SSSR count). The second-order valence-electron chi connectivity index (χ2n) is 7.82. The lowest BCUT2D eigenvalue weighted by atomic mass is 9.93. The molecule has 0 aliphatic rings. The number of benzene rings is 2. The van der Waals surface area contributed by atoms with E-state index in [1.54, 1.807) is 12.4 Å². The van der Waals surface area contributed by atoms with E-state index in [-0.39, 0.29) is 12.6 Å². The molecule has 32 heavy (non-hydrogen) atoms. The van der Waals surface area contributed by atoms with E-state index in [4.69, 9.17) is 21.3 Å². The molecule has 0 unspecified atom stereocenters.